The summed E-state index contributed by atoms with van der Waals surface area (Å²) in [4.78, 5) is 23.8. The van der Waals surface area contributed by atoms with Crippen molar-refractivity contribution >= 4 is 34.9 Å². The van der Waals surface area contributed by atoms with Crippen LogP contribution in [-0.2, 0) is 9.53 Å². The summed E-state index contributed by atoms with van der Waals surface area (Å²) >= 11 is 7.27. The zero-order valence-corrected chi connectivity index (χ0v) is 14.3. The van der Waals surface area contributed by atoms with Gasteiger partial charge in [-0.3, -0.25) is 4.79 Å². The Morgan fingerprint density at radius 1 is 1.25 bits per heavy atom. The molecular formula is C16H17ClN2O4S. The van der Waals surface area contributed by atoms with Crippen molar-refractivity contribution in [2.45, 2.75) is 12.5 Å². The first kappa shape index (κ1) is 18.1. The Labute approximate surface area is 148 Å². The predicted molar refractivity (Wildman–Crippen MR) is 92.3 cm³/mol. The van der Waals surface area contributed by atoms with E-state index in [0.29, 0.717) is 10.8 Å². The topological polar surface area (TPSA) is 90.7 Å². The number of hydrogen-bond donors (Lipinski definition) is 2. The lowest BCUT2D eigenvalue weighted by molar-refractivity contribution is -0.144. The van der Waals surface area contributed by atoms with Crippen LogP contribution in [0.3, 0.4) is 0 Å². The Kier molecular flexibility index (Phi) is 6.89. The number of benzene rings is 1. The van der Waals surface area contributed by atoms with Gasteiger partial charge < -0.3 is 20.5 Å². The molecule has 0 aliphatic rings. The number of halogens is 1. The summed E-state index contributed by atoms with van der Waals surface area (Å²) in [5.74, 6) is 0.155. The molecule has 0 radical (unpaired) electrons. The molecule has 0 aliphatic heterocycles. The number of ether oxygens (including phenoxy) is 2. The normalized spacial score (nSPS) is 11.5. The van der Waals surface area contributed by atoms with E-state index in [4.69, 9.17) is 26.8 Å². The Balaban J connectivity index is 1.76. The third-order valence-electron chi connectivity index (χ3n) is 2.99. The second-order valence-corrected chi connectivity index (χ2v) is 6.22. The Bertz CT molecular complexity index is 678. The van der Waals surface area contributed by atoms with Gasteiger partial charge >= 0.3 is 12.0 Å². The highest BCUT2D eigenvalue weighted by atomic mass is 35.5. The van der Waals surface area contributed by atoms with E-state index in [9.17, 15) is 9.59 Å². The third kappa shape index (κ3) is 6.10. The van der Waals surface area contributed by atoms with Crippen LogP contribution in [0.1, 0.15) is 17.3 Å². The molecule has 1 aromatic carbocycles. The second-order valence-electron chi connectivity index (χ2n) is 4.81. The van der Waals surface area contributed by atoms with E-state index in [1.807, 2.05) is 17.5 Å². The minimum Gasteiger partial charge on any atom is -0.490 e. The fourth-order valence-corrected chi connectivity index (χ4v) is 2.94. The van der Waals surface area contributed by atoms with Crippen LogP contribution in [0.25, 0.3) is 0 Å². The number of esters is 1. The molecular weight excluding hydrogens is 352 g/mol. The number of amides is 2. The van der Waals surface area contributed by atoms with Crippen molar-refractivity contribution in [3.63, 3.8) is 0 Å². The van der Waals surface area contributed by atoms with Gasteiger partial charge in [0.2, 0.25) is 0 Å². The van der Waals surface area contributed by atoms with Crippen LogP contribution >= 0.6 is 22.9 Å². The van der Waals surface area contributed by atoms with Crippen molar-refractivity contribution in [3.8, 4) is 5.75 Å². The second kappa shape index (κ2) is 9.14. The molecule has 8 heteroatoms. The molecule has 1 aromatic heterocycles. The van der Waals surface area contributed by atoms with Crippen LogP contribution in [0.2, 0.25) is 5.02 Å². The number of urea groups is 1. The number of thiophene rings is 1. The first-order chi connectivity index (χ1) is 11.5. The van der Waals surface area contributed by atoms with Crippen LogP contribution < -0.4 is 15.8 Å². The maximum atomic E-state index is 11.9. The van der Waals surface area contributed by atoms with E-state index >= 15 is 0 Å². The summed E-state index contributed by atoms with van der Waals surface area (Å²) in [5, 5.41) is 4.96. The van der Waals surface area contributed by atoms with Gasteiger partial charge in [0, 0.05) is 9.90 Å². The maximum absolute atomic E-state index is 11.9. The SMILES string of the molecule is NC(=O)N[C@H](CC(=O)OCCOc1cccc(Cl)c1)c1cccs1. The van der Waals surface area contributed by atoms with Crippen LogP contribution in [0.5, 0.6) is 5.75 Å². The van der Waals surface area contributed by atoms with Crippen molar-refractivity contribution in [2.75, 3.05) is 13.2 Å². The maximum Gasteiger partial charge on any atom is 0.312 e. The van der Waals surface area contributed by atoms with Gasteiger partial charge in [0.15, 0.2) is 0 Å². The fourth-order valence-electron chi connectivity index (χ4n) is 1.98. The van der Waals surface area contributed by atoms with Crippen molar-refractivity contribution in [1.29, 1.82) is 0 Å². The lowest BCUT2D eigenvalue weighted by Crippen LogP contribution is -2.34. The van der Waals surface area contributed by atoms with E-state index in [-0.39, 0.29) is 19.6 Å². The van der Waals surface area contributed by atoms with Crippen molar-refractivity contribution < 1.29 is 19.1 Å². The molecule has 0 aliphatic carbocycles. The summed E-state index contributed by atoms with van der Waals surface area (Å²) in [6.45, 7) is 0.304. The molecule has 0 spiro atoms. The minimum atomic E-state index is -0.689. The zero-order valence-electron chi connectivity index (χ0n) is 12.7. The third-order valence-corrected chi connectivity index (χ3v) is 4.21. The van der Waals surface area contributed by atoms with Crippen LogP contribution in [0, 0.1) is 0 Å². The van der Waals surface area contributed by atoms with Crippen LogP contribution in [0.15, 0.2) is 41.8 Å². The average molecular weight is 369 g/mol. The van der Waals surface area contributed by atoms with E-state index in [2.05, 4.69) is 5.32 Å². The number of rotatable bonds is 8. The number of hydrogen-bond acceptors (Lipinski definition) is 5. The standard InChI is InChI=1S/C16H17ClN2O4S/c17-11-3-1-4-12(9-11)22-6-7-23-15(20)10-13(19-16(18)21)14-5-2-8-24-14/h1-5,8-9,13H,6-7,10H2,(H3,18,19,21)/t13-/m1/s1. The molecule has 2 aromatic rings. The molecule has 0 saturated carbocycles. The molecule has 128 valence electrons. The molecule has 0 unspecified atom stereocenters. The smallest absolute Gasteiger partial charge is 0.312 e. The molecule has 2 rings (SSSR count). The van der Waals surface area contributed by atoms with Gasteiger partial charge in [-0.25, -0.2) is 4.79 Å². The molecule has 1 heterocycles. The first-order valence-electron chi connectivity index (χ1n) is 7.18. The highest BCUT2D eigenvalue weighted by molar-refractivity contribution is 7.10. The van der Waals surface area contributed by atoms with E-state index in [1.165, 1.54) is 11.3 Å². The van der Waals surface area contributed by atoms with Crippen molar-refractivity contribution in [1.82, 2.24) is 5.32 Å². The van der Waals surface area contributed by atoms with Gasteiger partial charge in [0.1, 0.15) is 19.0 Å². The van der Waals surface area contributed by atoms with E-state index < -0.39 is 18.0 Å². The number of carbonyl (C=O) groups excluding carboxylic acids is 2. The van der Waals surface area contributed by atoms with E-state index in [1.54, 1.807) is 24.3 Å². The minimum absolute atomic E-state index is 0.000614. The monoisotopic (exact) mass is 368 g/mol. The molecule has 2 amide bonds. The number of nitrogens with one attached hydrogen (secondary N) is 1. The van der Waals surface area contributed by atoms with E-state index in [0.717, 1.165) is 4.88 Å². The quantitative estimate of drug-likeness (QED) is 0.553. The largest absolute Gasteiger partial charge is 0.490 e. The molecule has 24 heavy (non-hydrogen) atoms. The zero-order chi connectivity index (χ0) is 17.4. The predicted octanol–water partition coefficient (Wildman–Crippen LogP) is 3.12. The Morgan fingerprint density at radius 3 is 2.75 bits per heavy atom. The summed E-state index contributed by atoms with van der Waals surface area (Å²) in [5.41, 5.74) is 5.15. The molecule has 6 nitrogen and oxygen atoms in total. The Hall–Kier alpha value is -2.25. The molecule has 0 saturated heterocycles. The van der Waals surface area contributed by atoms with Gasteiger partial charge in [-0.05, 0) is 29.6 Å². The van der Waals surface area contributed by atoms with Crippen molar-refractivity contribution in [3.05, 3.63) is 51.7 Å². The number of carbonyl (C=O) groups is 2. The van der Waals surface area contributed by atoms with Gasteiger partial charge in [-0.15, -0.1) is 11.3 Å². The van der Waals surface area contributed by atoms with Gasteiger partial charge in [0.05, 0.1) is 12.5 Å². The lowest BCUT2D eigenvalue weighted by Gasteiger charge is -2.15. The number of primary amides is 1. The fraction of sp³-hybridized carbons (Fsp3) is 0.250. The molecule has 1 atom stereocenters. The highest BCUT2D eigenvalue weighted by Gasteiger charge is 2.19. The Morgan fingerprint density at radius 2 is 2.08 bits per heavy atom. The molecule has 3 N–H and O–H groups in total. The molecule has 0 fully saturated rings. The van der Waals surface area contributed by atoms with Crippen molar-refractivity contribution in [2.24, 2.45) is 5.73 Å². The summed E-state index contributed by atoms with van der Waals surface area (Å²) in [6, 6.07) is 9.41. The number of nitrogens with two attached hydrogens (primary N) is 1. The van der Waals surface area contributed by atoms with Crippen LogP contribution in [-0.4, -0.2) is 25.2 Å². The average Bonchev–Trinajstić information content (AvgIpc) is 3.05. The lowest BCUT2D eigenvalue weighted by atomic mass is 10.2. The van der Waals surface area contributed by atoms with Crippen LogP contribution in [0.4, 0.5) is 4.79 Å². The summed E-state index contributed by atoms with van der Waals surface area (Å²) in [7, 11) is 0. The van der Waals surface area contributed by atoms with Gasteiger partial charge in [-0.2, -0.15) is 0 Å². The van der Waals surface area contributed by atoms with Gasteiger partial charge in [0.25, 0.3) is 0 Å². The van der Waals surface area contributed by atoms with Gasteiger partial charge in [-0.1, -0.05) is 23.7 Å². The highest BCUT2D eigenvalue weighted by Crippen LogP contribution is 2.22. The first-order valence-corrected chi connectivity index (χ1v) is 8.43. The summed E-state index contributed by atoms with van der Waals surface area (Å²) < 4.78 is 10.5. The molecule has 0 bridgehead atoms. The summed E-state index contributed by atoms with van der Waals surface area (Å²) in [6.07, 6.45) is 0.000614.